The van der Waals surface area contributed by atoms with Crippen LogP contribution in [0.1, 0.15) is 26.7 Å². The van der Waals surface area contributed by atoms with Crippen LogP contribution in [0.2, 0.25) is 0 Å². The minimum absolute atomic E-state index is 0.0262. The molecule has 1 aliphatic rings. The molecule has 4 heteroatoms. The summed E-state index contributed by atoms with van der Waals surface area (Å²) in [5, 5.41) is 8.81. The van der Waals surface area contributed by atoms with Crippen molar-refractivity contribution in [2.24, 2.45) is 5.92 Å². The number of amides is 1. The second-order valence-electron chi connectivity index (χ2n) is 3.48. The summed E-state index contributed by atoms with van der Waals surface area (Å²) in [7, 11) is 0. The average molecular weight is 185 g/mol. The van der Waals surface area contributed by atoms with Crippen LogP contribution in [0.25, 0.3) is 0 Å². The first kappa shape index (κ1) is 10.0. The third-order valence-electron chi connectivity index (χ3n) is 2.57. The second kappa shape index (κ2) is 3.77. The van der Waals surface area contributed by atoms with Crippen LogP contribution in [0.3, 0.4) is 0 Å². The summed E-state index contributed by atoms with van der Waals surface area (Å²) in [4.78, 5) is 23.7. The maximum atomic E-state index is 11.4. The van der Waals surface area contributed by atoms with Gasteiger partial charge in [-0.15, -0.1) is 0 Å². The van der Waals surface area contributed by atoms with Crippen LogP contribution >= 0.6 is 0 Å². The number of likely N-dealkylation sites (tertiary alicyclic amines) is 1. The maximum Gasteiger partial charge on any atom is 0.309 e. The number of carbonyl (C=O) groups excluding carboxylic acids is 1. The summed E-state index contributed by atoms with van der Waals surface area (Å²) in [6, 6.07) is -0.148. The highest BCUT2D eigenvalue weighted by Gasteiger charge is 2.40. The van der Waals surface area contributed by atoms with E-state index in [2.05, 4.69) is 0 Å². The Labute approximate surface area is 77.5 Å². The molecule has 1 heterocycles. The van der Waals surface area contributed by atoms with Crippen LogP contribution in [-0.2, 0) is 9.59 Å². The molecule has 1 fully saturated rings. The molecule has 1 rings (SSSR count). The summed E-state index contributed by atoms with van der Waals surface area (Å²) in [6.45, 7) is 4.46. The molecule has 0 unspecified atom stereocenters. The van der Waals surface area contributed by atoms with Gasteiger partial charge in [0.15, 0.2) is 0 Å². The molecule has 1 amide bonds. The maximum absolute atomic E-state index is 11.4. The summed E-state index contributed by atoms with van der Waals surface area (Å²) >= 11 is 0. The SMILES string of the molecule is CCCN1C(=O)C[C@H](C(=O)O)[C@@H]1C. The third-order valence-corrected chi connectivity index (χ3v) is 2.57. The predicted octanol–water partition coefficient (Wildman–Crippen LogP) is 0.718. The number of aliphatic carboxylic acids is 1. The van der Waals surface area contributed by atoms with Crippen molar-refractivity contribution in [1.82, 2.24) is 4.90 Å². The largest absolute Gasteiger partial charge is 0.481 e. The molecule has 0 radical (unpaired) electrons. The van der Waals surface area contributed by atoms with Gasteiger partial charge in [0.25, 0.3) is 0 Å². The van der Waals surface area contributed by atoms with Crippen molar-refractivity contribution < 1.29 is 14.7 Å². The van der Waals surface area contributed by atoms with Crippen molar-refractivity contribution >= 4 is 11.9 Å². The fourth-order valence-electron chi connectivity index (χ4n) is 1.78. The van der Waals surface area contributed by atoms with Crippen LogP contribution < -0.4 is 0 Å². The molecule has 4 nitrogen and oxygen atoms in total. The van der Waals surface area contributed by atoms with Gasteiger partial charge >= 0.3 is 5.97 Å². The van der Waals surface area contributed by atoms with Gasteiger partial charge in [-0.1, -0.05) is 6.92 Å². The van der Waals surface area contributed by atoms with E-state index >= 15 is 0 Å². The standard InChI is InChI=1S/C9H15NO3/c1-3-4-10-6(2)7(9(12)13)5-8(10)11/h6-7H,3-5H2,1-2H3,(H,12,13)/t6-,7-/m0/s1. The molecular weight excluding hydrogens is 170 g/mol. The van der Waals surface area contributed by atoms with Gasteiger partial charge in [-0.3, -0.25) is 9.59 Å². The normalized spacial score (nSPS) is 28.2. The summed E-state index contributed by atoms with van der Waals surface area (Å²) in [6.07, 6.45) is 1.04. The van der Waals surface area contributed by atoms with E-state index in [4.69, 9.17) is 5.11 Å². The molecule has 0 aliphatic carbocycles. The van der Waals surface area contributed by atoms with E-state index in [1.807, 2.05) is 6.92 Å². The number of nitrogens with zero attached hydrogens (tertiary/aromatic N) is 1. The van der Waals surface area contributed by atoms with E-state index < -0.39 is 11.9 Å². The first-order valence-electron chi connectivity index (χ1n) is 4.60. The van der Waals surface area contributed by atoms with Crippen LogP contribution in [-0.4, -0.2) is 34.5 Å². The molecule has 0 aromatic carbocycles. The van der Waals surface area contributed by atoms with Gasteiger partial charge in [0, 0.05) is 19.0 Å². The van der Waals surface area contributed by atoms with Crippen molar-refractivity contribution in [2.75, 3.05) is 6.54 Å². The molecule has 74 valence electrons. The highest BCUT2D eigenvalue weighted by molar-refractivity contribution is 5.86. The van der Waals surface area contributed by atoms with Crippen molar-refractivity contribution in [3.05, 3.63) is 0 Å². The number of carbonyl (C=O) groups is 2. The molecule has 0 bridgehead atoms. The van der Waals surface area contributed by atoms with Gasteiger partial charge in [0.2, 0.25) is 5.91 Å². The molecule has 1 N–H and O–H groups in total. The fourth-order valence-corrected chi connectivity index (χ4v) is 1.78. The quantitative estimate of drug-likeness (QED) is 0.704. The summed E-state index contributed by atoms with van der Waals surface area (Å²) < 4.78 is 0. The minimum Gasteiger partial charge on any atom is -0.481 e. The van der Waals surface area contributed by atoms with Gasteiger partial charge in [-0.2, -0.15) is 0 Å². The number of carboxylic acid groups (broad SMARTS) is 1. The highest BCUT2D eigenvalue weighted by atomic mass is 16.4. The van der Waals surface area contributed by atoms with Gasteiger partial charge in [-0.05, 0) is 13.3 Å². The lowest BCUT2D eigenvalue weighted by Gasteiger charge is -2.22. The number of hydrogen-bond acceptors (Lipinski definition) is 2. The fraction of sp³-hybridized carbons (Fsp3) is 0.778. The Hall–Kier alpha value is -1.06. The topological polar surface area (TPSA) is 57.6 Å². The molecule has 0 aromatic heterocycles. The number of carboxylic acids is 1. The number of hydrogen-bond donors (Lipinski definition) is 1. The van der Waals surface area contributed by atoms with E-state index in [1.54, 1.807) is 11.8 Å². The van der Waals surface area contributed by atoms with E-state index in [1.165, 1.54) is 0 Å². The zero-order chi connectivity index (χ0) is 10.0. The summed E-state index contributed by atoms with van der Waals surface area (Å²) in [5.41, 5.74) is 0. The molecule has 1 saturated heterocycles. The van der Waals surface area contributed by atoms with Crippen molar-refractivity contribution in [1.29, 1.82) is 0 Å². The molecule has 2 atom stereocenters. The predicted molar refractivity (Wildman–Crippen MR) is 47.2 cm³/mol. The molecular formula is C9H15NO3. The van der Waals surface area contributed by atoms with Gasteiger partial charge < -0.3 is 10.0 Å². The zero-order valence-corrected chi connectivity index (χ0v) is 7.99. The average Bonchev–Trinajstić information content (AvgIpc) is 2.32. The van der Waals surface area contributed by atoms with Crippen molar-refractivity contribution in [3.8, 4) is 0 Å². The van der Waals surface area contributed by atoms with E-state index in [9.17, 15) is 9.59 Å². The van der Waals surface area contributed by atoms with Crippen LogP contribution in [0, 0.1) is 5.92 Å². The Balaban J connectivity index is 2.69. The Morgan fingerprint density at radius 1 is 1.69 bits per heavy atom. The summed E-state index contributed by atoms with van der Waals surface area (Å²) in [5.74, 6) is -1.40. The molecule has 0 aromatic rings. The monoisotopic (exact) mass is 185 g/mol. The third kappa shape index (κ3) is 1.82. The van der Waals surface area contributed by atoms with Crippen molar-refractivity contribution in [2.45, 2.75) is 32.7 Å². The molecule has 1 aliphatic heterocycles. The number of rotatable bonds is 3. The van der Waals surface area contributed by atoms with Gasteiger partial charge in [-0.25, -0.2) is 0 Å². The van der Waals surface area contributed by atoms with Crippen molar-refractivity contribution in [3.63, 3.8) is 0 Å². The molecule has 0 spiro atoms. The van der Waals surface area contributed by atoms with E-state index in [0.29, 0.717) is 6.54 Å². The highest BCUT2D eigenvalue weighted by Crippen LogP contribution is 2.25. The Morgan fingerprint density at radius 2 is 2.31 bits per heavy atom. The lowest BCUT2D eigenvalue weighted by Crippen LogP contribution is -2.35. The second-order valence-corrected chi connectivity index (χ2v) is 3.48. The van der Waals surface area contributed by atoms with Crippen LogP contribution in [0.15, 0.2) is 0 Å². The minimum atomic E-state index is -0.862. The van der Waals surface area contributed by atoms with Crippen LogP contribution in [0.5, 0.6) is 0 Å². The van der Waals surface area contributed by atoms with Gasteiger partial charge in [0.05, 0.1) is 5.92 Å². The molecule has 0 saturated carbocycles. The van der Waals surface area contributed by atoms with Gasteiger partial charge in [0.1, 0.15) is 0 Å². The lowest BCUT2D eigenvalue weighted by atomic mass is 10.0. The van der Waals surface area contributed by atoms with Crippen LogP contribution in [0.4, 0.5) is 0 Å². The molecule has 13 heavy (non-hydrogen) atoms. The first-order chi connectivity index (χ1) is 6.07. The van der Waals surface area contributed by atoms with E-state index in [0.717, 1.165) is 6.42 Å². The lowest BCUT2D eigenvalue weighted by molar-refractivity contribution is -0.142. The smallest absolute Gasteiger partial charge is 0.309 e. The first-order valence-corrected chi connectivity index (χ1v) is 4.60. The Kier molecular flexibility index (Phi) is 2.90. The van der Waals surface area contributed by atoms with E-state index in [-0.39, 0.29) is 18.4 Å². The zero-order valence-electron chi connectivity index (χ0n) is 7.99. The Morgan fingerprint density at radius 3 is 2.69 bits per heavy atom. The Bertz CT molecular complexity index is 227.